The van der Waals surface area contributed by atoms with Crippen LogP contribution in [0.15, 0.2) is 80.8 Å². The van der Waals surface area contributed by atoms with Crippen molar-refractivity contribution >= 4 is 115 Å². The molecule has 2 nitrogen and oxygen atoms in total. The third kappa shape index (κ3) is 2.32. The van der Waals surface area contributed by atoms with Gasteiger partial charge in [-0.3, -0.25) is 9.59 Å². The molecule has 35 heavy (non-hydrogen) atoms. The lowest BCUT2D eigenvalue weighted by molar-refractivity contribution is 1.70. The molecule has 0 saturated carbocycles. The van der Waals surface area contributed by atoms with E-state index in [2.05, 4.69) is 28.1 Å². The summed E-state index contributed by atoms with van der Waals surface area (Å²) >= 11 is 16.8. The van der Waals surface area contributed by atoms with Gasteiger partial charge in [-0.25, -0.2) is 0 Å². The second-order valence-corrected chi connectivity index (χ2v) is 10.9. The molecule has 8 aromatic rings. The molecule has 0 atom stereocenters. The Morgan fingerprint density at radius 1 is 0.486 bits per heavy atom. The molecular weight excluding hydrogens is 543 g/mol. The van der Waals surface area contributed by atoms with E-state index < -0.39 is 0 Å². The van der Waals surface area contributed by atoms with Gasteiger partial charge in [-0.1, -0.05) is 63.4 Å². The molecule has 5 heteroatoms. The summed E-state index contributed by atoms with van der Waals surface area (Å²) in [7, 11) is 0. The van der Waals surface area contributed by atoms with E-state index in [1.165, 1.54) is 0 Å². The van der Waals surface area contributed by atoms with E-state index >= 15 is 0 Å². The summed E-state index contributed by atoms with van der Waals surface area (Å²) in [6.45, 7) is 0. The van der Waals surface area contributed by atoms with Crippen LogP contribution in [0.4, 0.5) is 0 Å². The van der Waals surface area contributed by atoms with Crippen LogP contribution in [0, 0.1) is 0 Å². The van der Waals surface area contributed by atoms with Crippen molar-refractivity contribution in [1.82, 2.24) is 0 Å². The molecule has 0 unspecified atom stereocenters. The quantitative estimate of drug-likeness (QED) is 0.139. The van der Waals surface area contributed by atoms with Crippen molar-refractivity contribution in [3.05, 3.63) is 102 Å². The van der Waals surface area contributed by atoms with Crippen molar-refractivity contribution in [2.24, 2.45) is 0 Å². The SMILES string of the molecule is O=c1c2cccc(Cl)c2c2cc3ccc4c(=O)c5c(Cl)cc(Br)cc5c5cc6ccc1c2c6c3c45. The van der Waals surface area contributed by atoms with Crippen molar-refractivity contribution in [2.45, 2.75) is 0 Å². The Balaban J connectivity index is 1.79. The van der Waals surface area contributed by atoms with E-state index in [-0.39, 0.29) is 10.9 Å². The number of hydrogen-bond acceptors (Lipinski definition) is 2. The van der Waals surface area contributed by atoms with Gasteiger partial charge in [-0.05, 0) is 80.2 Å². The maximum atomic E-state index is 13.6. The van der Waals surface area contributed by atoms with Crippen LogP contribution in [-0.2, 0) is 0 Å². The first kappa shape index (κ1) is 20.0. The van der Waals surface area contributed by atoms with Crippen LogP contribution < -0.4 is 10.9 Å². The van der Waals surface area contributed by atoms with E-state index in [4.69, 9.17) is 23.2 Å². The van der Waals surface area contributed by atoms with Gasteiger partial charge >= 0.3 is 0 Å². The van der Waals surface area contributed by atoms with Gasteiger partial charge in [-0.15, -0.1) is 0 Å². The van der Waals surface area contributed by atoms with Crippen molar-refractivity contribution < 1.29 is 0 Å². The molecular formula is C30H11BrCl2O2. The van der Waals surface area contributed by atoms with Gasteiger partial charge in [0.15, 0.2) is 10.9 Å². The summed E-state index contributed by atoms with van der Waals surface area (Å²) in [5.41, 5.74) is -0.113. The summed E-state index contributed by atoms with van der Waals surface area (Å²) in [5, 5.41) is 12.8. The molecule has 0 aliphatic carbocycles. The van der Waals surface area contributed by atoms with Gasteiger partial charge in [-0.2, -0.15) is 0 Å². The normalized spacial score (nSPS) is 12.7. The Morgan fingerprint density at radius 2 is 1.09 bits per heavy atom. The highest BCUT2D eigenvalue weighted by Gasteiger charge is 2.22. The van der Waals surface area contributed by atoms with Crippen molar-refractivity contribution in [3.63, 3.8) is 0 Å². The number of benzene rings is 8. The molecule has 8 aromatic carbocycles. The predicted molar refractivity (Wildman–Crippen MR) is 153 cm³/mol. The van der Waals surface area contributed by atoms with Gasteiger partial charge in [0, 0.05) is 47.2 Å². The Morgan fingerprint density at radius 3 is 1.83 bits per heavy atom. The summed E-state index contributed by atoms with van der Waals surface area (Å²) in [4.78, 5) is 27.2. The molecule has 0 N–H and O–H groups in total. The van der Waals surface area contributed by atoms with Crippen LogP contribution in [0.3, 0.4) is 0 Å². The number of fused-ring (bicyclic) bond motifs is 4. The molecule has 0 amide bonds. The van der Waals surface area contributed by atoms with Crippen LogP contribution in [0.2, 0.25) is 10.0 Å². The van der Waals surface area contributed by atoms with Gasteiger partial charge in [0.25, 0.3) is 0 Å². The Bertz CT molecular complexity index is 2340. The van der Waals surface area contributed by atoms with E-state index in [1.807, 2.05) is 48.5 Å². The second-order valence-electron chi connectivity index (χ2n) is 9.15. The van der Waals surface area contributed by atoms with Crippen molar-refractivity contribution in [2.75, 3.05) is 0 Å². The Labute approximate surface area is 215 Å². The highest BCUT2D eigenvalue weighted by molar-refractivity contribution is 9.10. The second kappa shape index (κ2) is 6.50. The minimum Gasteiger partial charge on any atom is -0.289 e. The van der Waals surface area contributed by atoms with Crippen LogP contribution in [0.5, 0.6) is 0 Å². The van der Waals surface area contributed by atoms with E-state index in [1.54, 1.807) is 6.07 Å². The third-order valence-corrected chi connectivity index (χ3v) is 8.52. The summed E-state index contributed by atoms with van der Waals surface area (Å²) in [6.07, 6.45) is 0. The van der Waals surface area contributed by atoms with Crippen LogP contribution in [0.25, 0.3) is 75.4 Å². The molecule has 164 valence electrons. The highest BCUT2D eigenvalue weighted by atomic mass is 79.9. The fraction of sp³-hybridized carbons (Fsp3) is 0. The standard InChI is InChI=1S/C30H11BrCl2O2/c31-14-10-19-18-8-12-4-6-16-27-20(25-15(29(16)34)2-1-3-21(25)32)9-13-5-7-17(26(18)23(13)24(12)27)30(35)28(19)22(33)11-14/h1-11H. The molecule has 0 aromatic heterocycles. The molecule has 0 spiro atoms. The van der Waals surface area contributed by atoms with Crippen LogP contribution in [-0.4, -0.2) is 0 Å². The maximum Gasteiger partial charge on any atom is 0.195 e. The van der Waals surface area contributed by atoms with Gasteiger partial charge in [0.05, 0.1) is 5.02 Å². The van der Waals surface area contributed by atoms with Crippen LogP contribution in [0.1, 0.15) is 0 Å². The van der Waals surface area contributed by atoms with Gasteiger partial charge in [0.1, 0.15) is 0 Å². The zero-order valence-corrected chi connectivity index (χ0v) is 20.9. The lowest BCUT2D eigenvalue weighted by Gasteiger charge is -2.19. The molecule has 0 aliphatic heterocycles. The summed E-state index contributed by atoms with van der Waals surface area (Å²) in [5.74, 6) is 0. The number of halogens is 3. The highest BCUT2D eigenvalue weighted by Crippen LogP contribution is 2.46. The zero-order chi connectivity index (χ0) is 23.7. The van der Waals surface area contributed by atoms with E-state index in [9.17, 15) is 9.59 Å². The zero-order valence-electron chi connectivity index (χ0n) is 17.8. The molecule has 0 aliphatic rings. The first-order valence-corrected chi connectivity index (χ1v) is 12.6. The van der Waals surface area contributed by atoms with Crippen molar-refractivity contribution in [1.29, 1.82) is 0 Å². The number of hydrogen-bond donors (Lipinski definition) is 0. The van der Waals surface area contributed by atoms with Gasteiger partial charge in [0.2, 0.25) is 0 Å². The molecule has 0 heterocycles. The van der Waals surface area contributed by atoms with E-state index in [0.717, 1.165) is 58.3 Å². The minimum absolute atomic E-state index is 0.0300. The van der Waals surface area contributed by atoms with Crippen molar-refractivity contribution in [3.8, 4) is 0 Å². The first-order valence-electron chi connectivity index (χ1n) is 11.1. The average molecular weight is 554 g/mol. The molecule has 0 saturated heterocycles. The molecule has 0 radical (unpaired) electrons. The smallest absolute Gasteiger partial charge is 0.195 e. The monoisotopic (exact) mass is 552 g/mol. The summed E-state index contributed by atoms with van der Waals surface area (Å²) in [6, 6.07) is 21.2. The maximum absolute atomic E-state index is 13.6. The minimum atomic E-state index is -0.0834. The fourth-order valence-electron chi connectivity index (χ4n) is 6.10. The third-order valence-electron chi connectivity index (χ3n) is 7.45. The van der Waals surface area contributed by atoms with Gasteiger partial charge < -0.3 is 0 Å². The lowest BCUT2D eigenvalue weighted by Crippen LogP contribution is -2.06. The fourth-order valence-corrected chi connectivity index (χ4v) is 7.27. The lowest BCUT2D eigenvalue weighted by atomic mass is 9.84. The molecule has 0 bridgehead atoms. The number of rotatable bonds is 0. The van der Waals surface area contributed by atoms with Crippen LogP contribution >= 0.6 is 39.1 Å². The molecule has 0 fully saturated rings. The average Bonchev–Trinajstić information content (AvgIpc) is 2.84. The Kier molecular flexibility index (Phi) is 3.71. The van der Waals surface area contributed by atoms with E-state index in [0.29, 0.717) is 31.6 Å². The molecule has 8 rings (SSSR count). The largest absolute Gasteiger partial charge is 0.289 e. The first-order chi connectivity index (χ1) is 16.9. The topological polar surface area (TPSA) is 34.1 Å². The predicted octanol–water partition coefficient (Wildman–Crippen LogP) is 8.86. The Hall–Kier alpha value is -3.24. The summed E-state index contributed by atoms with van der Waals surface area (Å²) < 4.78 is 0.818.